The van der Waals surface area contributed by atoms with Crippen molar-refractivity contribution in [1.29, 1.82) is 0 Å². The molecule has 2 amide bonds. The summed E-state index contributed by atoms with van der Waals surface area (Å²) in [6, 6.07) is 8.64. The lowest BCUT2D eigenvalue weighted by Crippen LogP contribution is -2.56. The van der Waals surface area contributed by atoms with Crippen LogP contribution in [0.3, 0.4) is 0 Å². The van der Waals surface area contributed by atoms with Gasteiger partial charge in [0.1, 0.15) is 19.2 Å². The van der Waals surface area contributed by atoms with Crippen LogP contribution in [0, 0.1) is 0 Å². The summed E-state index contributed by atoms with van der Waals surface area (Å²) in [4.78, 5) is 37.1. The molecular formula is C16H20N2O5. The highest BCUT2D eigenvalue weighted by atomic mass is 16.5. The van der Waals surface area contributed by atoms with E-state index in [4.69, 9.17) is 9.47 Å². The van der Waals surface area contributed by atoms with Crippen molar-refractivity contribution < 1.29 is 23.9 Å². The highest BCUT2D eigenvalue weighted by molar-refractivity contribution is 5.90. The first kappa shape index (κ1) is 17.0. The fourth-order valence-corrected chi connectivity index (χ4v) is 2.29. The van der Waals surface area contributed by atoms with Crippen LogP contribution < -0.4 is 5.32 Å². The summed E-state index contributed by atoms with van der Waals surface area (Å²) in [5.41, 5.74) is 0.922. The minimum absolute atomic E-state index is 0.0471. The van der Waals surface area contributed by atoms with Crippen molar-refractivity contribution in [3.05, 3.63) is 35.9 Å². The maximum atomic E-state index is 12.3. The summed E-state index contributed by atoms with van der Waals surface area (Å²) in [6.45, 7) is 2.09. The monoisotopic (exact) mass is 320 g/mol. The standard InChI is InChI=1S/C16H20N2O5/c1-2-23-15(20)8-17-16(21)13-10-22-11-14(19)18(13)9-12-6-4-3-5-7-12/h3-7,13H,2,8-11H2,1H3,(H,17,21). The van der Waals surface area contributed by atoms with Crippen LogP contribution in [0.1, 0.15) is 12.5 Å². The fraction of sp³-hybridized carbons (Fsp3) is 0.438. The molecule has 0 saturated carbocycles. The summed E-state index contributed by atoms with van der Waals surface area (Å²) in [5.74, 6) is -1.20. The van der Waals surface area contributed by atoms with E-state index in [2.05, 4.69) is 5.32 Å². The topological polar surface area (TPSA) is 84.9 Å². The number of amides is 2. The Morgan fingerprint density at radius 2 is 2.09 bits per heavy atom. The number of rotatable bonds is 6. The second kappa shape index (κ2) is 8.28. The molecule has 1 N–H and O–H groups in total. The number of hydrogen-bond acceptors (Lipinski definition) is 5. The number of ether oxygens (including phenoxy) is 2. The first-order valence-corrected chi connectivity index (χ1v) is 7.46. The summed E-state index contributed by atoms with van der Waals surface area (Å²) < 4.78 is 9.93. The SMILES string of the molecule is CCOC(=O)CNC(=O)C1COCC(=O)N1Cc1ccccc1. The first-order chi connectivity index (χ1) is 11.1. The van der Waals surface area contributed by atoms with Gasteiger partial charge in [-0.15, -0.1) is 0 Å². The Morgan fingerprint density at radius 3 is 2.78 bits per heavy atom. The second-order valence-electron chi connectivity index (χ2n) is 5.06. The van der Waals surface area contributed by atoms with Crippen LogP contribution in [0.5, 0.6) is 0 Å². The van der Waals surface area contributed by atoms with Crippen LogP contribution >= 0.6 is 0 Å². The highest BCUT2D eigenvalue weighted by Crippen LogP contribution is 2.13. The molecule has 1 heterocycles. The molecule has 1 aromatic carbocycles. The Kier molecular flexibility index (Phi) is 6.10. The summed E-state index contributed by atoms with van der Waals surface area (Å²) in [6.07, 6.45) is 0. The molecule has 1 aromatic rings. The molecule has 0 spiro atoms. The third-order valence-electron chi connectivity index (χ3n) is 3.41. The third-order valence-corrected chi connectivity index (χ3v) is 3.41. The van der Waals surface area contributed by atoms with Crippen LogP contribution in [-0.2, 0) is 30.4 Å². The van der Waals surface area contributed by atoms with Gasteiger partial charge in [-0.3, -0.25) is 14.4 Å². The summed E-state index contributed by atoms with van der Waals surface area (Å²) in [7, 11) is 0. The molecule has 0 radical (unpaired) electrons. The summed E-state index contributed by atoms with van der Waals surface area (Å²) >= 11 is 0. The van der Waals surface area contributed by atoms with Gasteiger partial charge in [-0.05, 0) is 12.5 Å². The van der Waals surface area contributed by atoms with Crippen LogP contribution in [0.25, 0.3) is 0 Å². The van der Waals surface area contributed by atoms with Crippen LogP contribution in [0.2, 0.25) is 0 Å². The zero-order valence-corrected chi connectivity index (χ0v) is 13.0. The number of carbonyl (C=O) groups excluding carboxylic acids is 3. The van der Waals surface area contributed by atoms with Crippen molar-refractivity contribution in [3.8, 4) is 0 Å². The second-order valence-corrected chi connectivity index (χ2v) is 5.06. The average Bonchev–Trinajstić information content (AvgIpc) is 2.56. The number of benzene rings is 1. The van der Waals surface area contributed by atoms with E-state index >= 15 is 0 Å². The lowest BCUT2D eigenvalue weighted by Gasteiger charge is -2.34. The molecule has 0 aliphatic carbocycles. The van der Waals surface area contributed by atoms with Gasteiger partial charge >= 0.3 is 5.97 Å². The Bertz CT molecular complexity index is 561. The van der Waals surface area contributed by atoms with Gasteiger partial charge in [0.25, 0.3) is 0 Å². The van der Waals surface area contributed by atoms with Crippen LogP contribution in [0.15, 0.2) is 30.3 Å². The lowest BCUT2D eigenvalue weighted by atomic mass is 10.1. The van der Waals surface area contributed by atoms with Crippen molar-refractivity contribution in [3.63, 3.8) is 0 Å². The van der Waals surface area contributed by atoms with E-state index in [1.54, 1.807) is 6.92 Å². The van der Waals surface area contributed by atoms with Crippen LogP contribution in [-0.4, -0.2) is 55.1 Å². The van der Waals surface area contributed by atoms with Crippen molar-refractivity contribution in [2.75, 3.05) is 26.4 Å². The van der Waals surface area contributed by atoms with Gasteiger partial charge in [-0.2, -0.15) is 0 Å². The normalized spacial score (nSPS) is 17.7. The number of morpholine rings is 1. The molecule has 1 atom stereocenters. The lowest BCUT2D eigenvalue weighted by molar-refractivity contribution is -0.156. The number of esters is 1. The quantitative estimate of drug-likeness (QED) is 0.751. The average molecular weight is 320 g/mol. The smallest absolute Gasteiger partial charge is 0.325 e. The van der Waals surface area contributed by atoms with Crippen LogP contribution in [0.4, 0.5) is 0 Å². The van der Waals surface area contributed by atoms with E-state index < -0.39 is 17.9 Å². The highest BCUT2D eigenvalue weighted by Gasteiger charge is 2.34. The van der Waals surface area contributed by atoms with Gasteiger partial charge < -0.3 is 19.7 Å². The van der Waals surface area contributed by atoms with Gasteiger partial charge in [-0.25, -0.2) is 0 Å². The van der Waals surface area contributed by atoms with E-state index in [0.29, 0.717) is 6.54 Å². The predicted octanol–water partition coefficient (Wildman–Crippen LogP) is 0.0933. The molecule has 1 aliphatic heterocycles. The molecule has 7 nitrogen and oxygen atoms in total. The minimum Gasteiger partial charge on any atom is -0.465 e. The Labute approximate surface area is 134 Å². The molecule has 0 bridgehead atoms. The molecule has 1 saturated heterocycles. The van der Waals surface area contributed by atoms with E-state index in [1.165, 1.54) is 4.90 Å². The van der Waals surface area contributed by atoms with Crippen molar-refractivity contribution in [1.82, 2.24) is 10.2 Å². The van der Waals surface area contributed by atoms with Gasteiger partial charge in [0.2, 0.25) is 11.8 Å². The zero-order chi connectivity index (χ0) is 16.7. The molecule has 1 fully saturated rings. The van der Waals surface area contributed by atoms with E-state index in [0.717, 1.165) is 5.56 Å². The zero-order valence-electron chi connectivity index (χ0n) is 13.0. The molecule has 1 unspecified atom stereocenters. The Balaban J connectivity index is 2.00. The van der Waals surface area contributed by atoms with E-state index in [1.807, 2.05) is 30.3 Å². The largest absolute Gasteiger partial charge is 0.465 e. The van der Waals surface area contributed by atoms with Crippen molar-refractivity contribution in [2.45, 2.75) is 19.5 Å². The number of nitrogens with one attached hydrogen (secondary N) is 1. The molecule has 1 aliphatic rings. The van der Waals surface area contributed by atoms with Gasteiger partial charge in [0.05, 0.1) is 13.2 Å². The van der Waals surface area contributed by atoms with Gasteiger partial charge in [0.15, 0.2) is 0 Å². The number of nitrogens with zero attached hydrogens (tertiary/aromatic N) is 1. The molecule has 0 aromatic heterocycles. The number of carbonyl (C=O) groups is 3. The molecule has 124 valence electrons. The maximum absolute atomic E-state index is 12.3. The fourth-order valence-electron chi connectivity index (χ4n) is 2.29. The summed E-state index contributed by atoms with van der Waals surface area (Å²) in [5, 5.41) is 2.49. The van der Waals surface area contributed by atoms with Crippen molar-refractivity contribution >= 4 is 17.8 Å². The first-order valence-electron chi connectivity index (χ1n) is 7.46. The minimum atomic E-state index is -0.758. The Morgan fingerprint density at radius 1 is 1.35 bits per heavy atom. The predicted molar refractivity (Wildman–Crippen MR) is 81.2 cm³/mol. The molecular weight excluding hydrogens is 300 g/mol. The molecule has 23 heavy (non-hydrogen) atoms. The number of hydrogen-bond donors (Lipinski definition) is 1. The third kappa shape index (κ3) is 4.79. The van der Waals surface area contributed by atoms with E-state index in [9.17, 15) is 14.4 Å². The van der Waals surface area contributed by atoms with E-state index in [-0.39, 0.29) is 32.3 Å². The Hall–Kier alpha value is -2.41. The maximum Gasteiger partial charge on any atom is 0.325 e. The van der Waals surface area contributed by atoms with Gasteiger partial charge in [0, 0.05) is 6.54 Å². The van der Waals surface area contributed by atoms with Crippen molar-refractivity contribution in [2.24, 2.45) is 0 Å². The van der Waals surface area contributed by atoms with Gasteiger partial charge in [-0.1, -0.05) is 30.3 Å². The molecule has 2 rings (SSSR count). The molecule has 7 heteroatoms.